The second-order valence-electron chi connectivity index (χ2n) is 4.21. The first kappa shape index (κ1) is 10.5. The molecule has 1 aromatic rings. The van der Waals surface area contributed by atoms with Gasteiger partial charge in [0.1, 0.15) is 5.60 Å². The third-order valence-electron chi connectivity index (χ3n) is 2.87. The minimum Gasteiger partial charge on any atom is -0.386 e. The standard InChI is InChI=1S/C9H13N3O2S/c1-6(2)9(14)4-12(5-9)8(13)7-3-15-11-10-7/h3,6,14H,4-5H2,1-2H3. The van der Waals surface area contributed by atoms with E-state index in [0.29, 0.717) is 18.8 Å². The van der Waals surface area contributed by atoms with Crippen molar-refractivity contribution in [3.8, 4) is 0 Å². The Labute approximate surface area is 91.9 Å². The molecular formula is C9H13N3O2S. The molecule has 0 atom stereocenters. The van der Waals surface area contributed by atoms with Crippen molar-refractivity contribution in [2.45, 2.75) is 19.4 Å². The molecule has 1 aromatic heterocycles. The number of nitrogens with zero attached hydrogens (tertiary/aromatic N) is 3. The first-order chi connectivity index (χ1) is 7.03. The van der Waals surface area contributed by atoms with Gasteiger partial charge >= 0.3 is 0 Å². The zero-order valence-corrected chi connectivity index (χ0v) is 9.49. The van der Waals surface area contributed by atoms with Crippen molar-refractivity contribution >= 4 is 17.4 Å². The van der Waals surface area contributed by atoms with Crippen LogP contribution in [0.4, 0.5) is 0 Å². The Morgan fingerprint density at radius 2 is 2.33 bits per heavy atom. The van der Waals surface area contributed by atoms with Crippen LogP contribution in [-0.2, 0) is 0 Å². The van der Waals surface area contributed by atoms with E-state index in [1.807, 2.05) is 13.8 Å². The number of aliphatic hydroxyl groups is 1. The quantitative estimate of drug-likeness (QED) is 0.793. The summed E-state index contributed by atoms with van der Waals surface area (Å²) in [5.74, 6) is 0.0178. The van der Waals surface area contributed by atoms with E-state index in [-0.39, 0.29) is 11.8 Å². The lowest BCUT2D eigenvalue weighted by Crippen LogP contribution is -2.66. The molecule has 0 spiro atoms. The Morgan fingerprint density at radius 3 is 2.80 bits per heavy atom. The second-order valence-corrected chi connectivity index (χ2v) is 4.82. The lowest BCUT2D eigenvalue weighted by molar-refractivity contribution is -0.111. The molecule has 82 valence electrons. The molecule has 1 aliphatic rings. The molecule has 2 heterocycles. The van der Waals surface area contributed by atoms with Crippen molar-refractivity contribution in [3.63, 3.8) is 0 Å². The van der Waals surface area contributed by atoms with Crippen LogP contribution in [0.3, 0.4) is 0 Å². The van der Waals surface area contributed by atoms with Crippen LogP contribution in [0.15, 0.2) is 5.38 Å². The van der Waals surface area contributed by atoms with Crippen molar-refractivity contribution in [1.82, 2.24) is 14.5 Å². The second kappa shape index (κ2) is 3.53. The third kappa shape index (κ3) is 1.74. The van der Waals surface area contributed by atoms with Crippen LogP contribution in [0.5, 0.6) is 0 Å². The predicted octanol–water partition coefficient (Wildman–Crippen LogP) is 0.381. The number of amides is 1. The molecule has 0 saturated carbocycles. The fraction of sp³-hybridized carbons (Fsp3) is 0.667. The van der Waals surface area contributed by atoms with Gasteiger partial charge in [-0.3, -0.25) is 4.79 Å². The van der Waals surface area contributed by atoms with Crippen LogP contribution in [0, 0.1) is 5.92 Å². The number of carbonyl (C=O) groups is 1. The summed E-state index contributed by atoms with van der Waals surface area (Å²) in [6, 6.07) is 0. The average Bonchev–Trinajstić information content (AvgIpc) is 2.64. The molecule has 1 aliphatic heterocycles. The van der Waals surface area contributed by atoms with E-state index in [9.17, 15) is 9.90 Å². The first-order valence-electron chi connectivity index (χ1n) is 4.81. The Kier molecular flexibility index (Phi) is 2.47. The number of likely N-dealkylation sites (tertiary alicyclic amines) is 1. The highest BCUT2D eigenvalue weighted by atomic mass is 32.1. The van der Waals surface area contributed by atoms with Gasteiger partial charge in [-0.15, -0.1) is 5.10 Å². The monoisotopic (exact) mass is 227 g/mol. The molecule has 5 nitrogen and oxygen atoms in total. The molecule has 2 rings (SSSR count). The minimum atomic E-state index is -0.723. The van der Waals surface area contributed by atoms with Gasteiger partial charge in [0.05, 0.1) is 13.1 Å². The van der Waals surface area contributed by atoms with Crippen molar-refractivity contribution in [2.24, 2.45) is 5.92 Å². The molecule has 0 bridgehead atoms. The Balaban J connectivity index is 1.98. The van der Waals surface area contributed by atoms with Gasteiger partial charge in [0, 0.05) is 5.38 Å². The van der Waals surface area contributed by atoms with Crippen molar-refractivity contribution in [1.29, 1.82) is 0 Å². The summed E-state index contributed by atoms with van der Waals surface area (Å²) in [4.78, 5) is 13.3. The van der Waals surface area contributed by atoms with Gasteiger partial charge in [-0.25, -0.2) is 0 Å². The van der Waals surface area contributed by atoms with Crippen LogP contribution in [0.1, 0.15) is 24.3 Å². The predicted molar refractivity (Wildman–Crippen MR) is 55.6 cm³/mol. The number of hydrogen-bond donors (Lipinski definition) is 1. The summed E-state index contributed by atoms with van der Waals surface area (Å²) >= 11 is 1.15. The number of hydrogen-bond acceptors (Lipinski definition) is 5. The Morgan fingerprint density at radius 1 is 1.67 bits per heavy atom. The zero-order chi connectivity index (χ0) is 11.1. The van der Waals surface area contributed by atoms with Crippen LogP contribution >= 0.6 is 11.5 Å². The summed E-state index contributed by atoms with van der Waals surface area (Å²) in [5.41, 5.74) is -0.357. The Hall–Kier alpha value is -1.01. The number of rotatable bonds is 2. The van der Waals surface area contributed by atoms with E-state index in [1.165, 1.54) is 0 Å². The van der Waals surface area contributed by atoms with E-state index in [1.54, 1.807) is 10.3 Å². The van der Waals surface area contributed by atoms with E-state index < -0.39 is 5.60 Å². The highest BCUT2D eigenvalue weighted by Gasteiger charge is 2.46. The van der Waals surface area contributed by atoms with Crippen molar-refractivity contribution in [2.75, 3.05) is 13.1 Å². The molecular weight excluding hydrogens is 214 g/mol. The topological polar surface area (TPSA) is 66.3 Å². The fourth-order valence-electron chi connectivity index (χ4n) is 1.54. The summed E-state index contributed by atoms with van der Waals surface area (Å²) < 4.78 is 3.64. The van der Waals surface area contributed by atoms with Crippen LogP contribution in [0.25, 0.3) is 0 Å². The molecule has 0 aromatic carbocycles. The lowest BCUT2D eigenvalue weighted by atomic mass is 9.83. The molecule has 0 unspecified atom stereocenters. The molecule has 1 amide bonds. The minimum absolute atomic E-state index is 0.144. The average molecular weight is 227 g/mol. The number of carbonyl (C=O) groups excluding carboxylic acids is 1. The van der Waals surface area contributed by atoms with Crippen molar-refractivity contribution < 1.29 is 9.90 Å². The van der Waals surface area contributed by atoms with Gasteiger partial charge in [0.25, 0.3) is 5.91 Å². The van der Waals surface area contributed by atoms with Gasteiger partial charge in [-0.05, 0) is 17.5 Å². The first-order valence-corrected chi connectivity index (χ1v) is 5.65. The lowest BCUT2D eigenvalue weighted by Gasteiger charge is -2.48. The molecule has 0 aliphatic carbocycles. The van der Waals surface area contributed by atoms with Crippen LogP contribution in [-0.4, -0.2) is 44.2 Å². The Bertz CT molecular complexity index is 357. The number of β-amino-alcohol motifs (C(OH)–C–C–N with tert-alkyl or cyclic N) is 1. The molecule has 15 heavy (non-hydrogen) atoms. The molecule has 1 N–H and O–H groups in total. The molecule has 0 radical (unpaired) electrons. The molecule has 1 saturated heterocycles. The van der Waals surface area contributed by atoms with Crippen molar-refractivity contribution in [3.05, 3.63) is 11.1 Å². The summed E-state index contributed by atoms with van der Waals surface area (Å²) in [6.45, 7) is 4.68. The highest BCUT2D eigenvalue weighted by Crippen LogP contribution is 2.29. The van der Waals surface area contributed by atoms with Crippen LogP contribution < -0.4 is 0 Å². The van der Waals surface area contributed by atoms with Gasteiger partial charge in [-0.2, -0.15) is 0 Å². The highest BCUT2D eigenvalue weighted by molar-refractivity contribution is 7.03. The van der Waals surface area contributed by atoms with Gasteiger partial charge in [-0.1, -0.05) is 18.3 Å². The maximum atomic E-state index is 11.7. The smallest absolute Gasteiger partial charge is 0.275 e. The SMILES string of the molecule is CC(C)C1(O)CN(C(=O)c2csnn2)C1. The van der Waals surface area contributed by atoms with E-state index in [2.05, 4.69) is 9.59 Å². The normalized spacial score (nSPS) is 19.1. The zero-order valence-electron chi connectivity index (χ0n) is 8.67. The maximum Gasteiger partial charge on any atom is 0.275 e. The number of aromatic nitrogens is 2. The van der Waals surface area contributed by atoms with Gasteiger partial charge in [0.15, 0.2) is 5.69 Å². The van der Waals surface area contributed by atoms with Gasteiger partial charge in [0.2, 0.25) is 0 Å². The van der Waals surface area contributed by atoms with E-state index in [0.717, 1.165) is 11.5 Å². The summed E-state index contributed by atoms with van der Waals surface area (Å²) in [7, 11) is 0. The van der Waals surface area contributed by atoms with Gasteiger partial charge < -0.3 is 10.0 Å². The van der Waals surface area contributed by atoms with E-state index in [4.69, 9.17) is 0 Å². The molecule has 6 heteroatoms. The maximum absolute atomic E-state index is 11.7. The summed E-state index contributed by atoms with van der Waals surface area (Å²) in [6.07, 6.45) is 0. The van der Waals surface area contributed by atoms with Crippen LogP contribution in [0.2, 0.25) is 0 Å². The van der Waals surface area contributed by atoms with E-state index >= 15 is 0 Å². The summed E-state index contributed by atoms with van der Waals surface area (Å²) in [5, 5.41) is 15.3. The molecule has 1 fully saturated rings. The fourth-order valence-corrected chi connectivity index (χ4v) is 1.97. The largest absolute Gasteiger partial charge is 0.386 e. The third-order valence-corrected chi connectivity index (χ3v) is 3.37.